The van der Waals surface area contributed by atoms with Gasteiger partial charge in [-0.05, 0) is 81.0 Å². The van der Waals surface area contributed by atoms with Crippen LogP contribution in [0, 0.1) is 30.9 Å². The van der Waals surface area contributed by atoms with Crippen LogP contribution in [0.1, 0.15) is 77.2 Å². The molecular weight excluding hydrogens is 657 g/mol. The summed E-state index contributed by atoms with van der Waals surface area (Å²) in [5.41, 5.74) is 3.40. The number of aryl methyl sites for hydroxylation is 3. The lowest BCUT2D eigenvalue weighted by atomic mass is 9.78. The number of nitrogens with zero attached hydrogens (tertiary/aromatic N) is 2. The Hall–Kier alpha value is -4.91. The van der Waals surface area contributed by atoms with Crippen molar-refractivity contribution in [3.8, 4) is 11.5 Å². The lowest BCUT2D eigenvalue weighted by Gasteiger charge is -2.27. The van der Waals surface area contributed by atoms with Crippen molar-refractivity contribution < 1.29 is 47.5 Å². The Morgan fingerprint density at radius 2 is 1.71 bits per heavy atom. The number of alkyl halides is 3. The number of ketones is 1. The number of halogens is 4. The highest BCUT2D eigenvalue weighted by atomic mass is 35.5. The second-order valence-corrected chi connectivity index (χ2v) is 11.4. The number of allylic oxidation sites excluding steroid dienone is 2. The van der Waals surface area contributed by atoms with E-state index in [0.717, 1.165) is 30.3 Å². The number of nitro benzene ring substituents is 1. The summed E-state index contributed by atoms with van der Waals surface area (Å²) in [6.07, 6.45) is -3.16. The van der Waals surface area contributed by atoms with E-state index in [1.54, 1.807) is 0 Å². The zero-order valence-electron chi connectivity index (χ0n) is 26.8. The van der Waals surface area contributed by atoms with Gasteiger partial charge in [0.25, 0.3) is 5.69 Å². The highest BCUT2D eigenvalue weighted by Gasteiger charge is 2.33. The predicted molar refractivity (Wildman–Crippen MR) is 173 cm³/mol. The van der Waals surface area contributed by atoms with Crippen LogP contribution >= 0.6 is 11.6 Å². The van der Waals surface area contributed by atoms with Gasteiger partial charge in [0.05, 0.1) is 26.8 Å². The molecule has 0 fully saturated rings. The second kappa shape index (κ2) is 15.8. The van der Waals surface area contributed by atoms with Crippen LogP contribution in [0.25, 0.3) is 0 Å². The van der Waals surface area contributed by atoms with Crippen molar-refractivity contribution in [3.05, 3.63) is 108 Å². The van der Waals surface area contributed by atoms with Gasteiger partial charge >= 0.3 is 12.1 Å². The number of rotatable bonds is 9. The van der Waals surface area contributed by atoms with Crippen molar-refractivity contribution in [2.75, 3.05) is 6.61 Å². The second-order valence-electron chi connectivity index (χ2n) is 11.0. The summed E-state index contributed by atoms with van der Waals surface area (Å²) in [7, 11) is 0. The maximum absolute atomic E-state index is 12.7. The van der Waals surface area contributed by atoms with Crippen LogP contribution in [-0.2, 0) is 15.8 Å². The molecule has 0 aromatic heterocycles. The first kappa shape index (κ1) is 37.5. The summed E-state index contributed by atoms with van der Waals surface area (Å²) in [6, 6.07) is 9.54. The zero-order valence-corrected chi connectivity index (χ0v) is 27.5. The number of aliphatic hydroxyl groups excluding tert-OH is 1. The highest BCUT2D eigenvalue weighted by Crippen LogP contribution is 2.39. The van der Waals surface area contributed by atoms with Crippen molar-refractivity contribution in [3.63, 3.8) is 0 Å². The van der Waals surface area contributed by atoms with E-state index in [-0.39, 0.29) is 34.0 Å². The first-order chi connectivity index (χ1) is 22.5. The lowest BCUT2D eigenvalue weighted by Crippen LogP contribution is -2.24. The van der Waals surface area contributed by atoms with Gasteiger partial charge in [-0.3, -0.25) is 14.9 Å². The first-order valence-corrected chi connectivity index (χ1v) is 15.1. The smallest absolute Gasteiger partial charge is 0.416 e. The summed E-state index contributed by atoms with van der Waals surface area (Å²) in [5.74, 6) is -1.73. The van der Waals surface area contributed by atoms with Crippen LogP contribution in [-0.4, -0.2) is 39.2 Å². The maximum Gasteiger partial charge on any atom is 0.416 e. The van der Waals surface area contributed by atoms with Crippen LogP contribution in [0.4, 0.5) is 18.9 Å². The van der Waals surface area contributed by atoms with Crippen LogP contribution < -0.4 is 4.74 Å². The number of aliphatic hydroxyl groups is 1. The molecule has 2 N–H and O–H groups in total. The van der Waals surface area contributed by atoms with Crippen molar-refractivity contribution in [1.82, 2.24) is 0 Å². The van der Waals surface area contributed by atoms with Crippen LogP contribution in [0.2, 0.25) is 5.02 Å². The predicted octanol–water partition coefficient (Wildman–Crippen LogP) is 9.43. The molecule has 10 nitrogen and oxygen atoms in total. The number of hydrogen-bond donors (Lipinski definition) is 2. The number of hydrogen-bond acceptors (Lipinski definition) is 8. The normalized spacial score (nSPS) is 15.1. The maximum atomic E-state index is 12.7. The number of Topliss-reactive ketones (excluding diaryl/α,β-unsaturated/α-hetero) is 1. The number of benzene rings is 3. The van der Waals surface area contributed by atoms with Crippen LogP contribution in [0.15, 0.2) is 65.0 Å². The molecule has 0 saturated heterocycles. The van der Waals surface area contributed by atoms with E-state index in [2.05, 4.69) is 38.1 Å². The van der Waals surface area contributed by atoms with Crippen molar-refractivity contribution in [2.45, 2.75) is 66.0 Å². The van der Waals surface area contributed by atoms with Gasteiger partial charge in [-0.1, -0.05) is 41.4 Å². The standard InChI is InChI=1S/C20H27NO3.C14H7ClF3NO5/c1-6-16(21-24-7-2)20-17(22)10-15(11-18(20)23)19-13(4)8-12(3)9-14(19)5;15-10-5-7(14(16,17)18)1-4-12(10)24-8-2-3-11(19(22)23)9(6-8)13(20)21/h8-9,15,22H,6-7,10-11H2,1-5H3;1-6H,(H,20,21)/b21-16+;. The Kier molecular flexibility index (Phi) is 12.4. The number of carbonyl (C=O) groups excluding carboxylic acids is 1. The fourth-order valence-corrected chi connectivity index (χ4v) is 5.71. The van der Waals surface area contributed by atoms with Gasteiger partial charge in [-0.2, -0.15) is 13.2 Å². The molecule has 256 valence electrons. The average Bonchev–Trinajstić information content (AvgIpc) is 2.98. The molecule has 0 radical (unpaired) electrons. The molecule has 0 amide bonds. The molecule has 1 aliphatic carbocycles. The molecule has 0 spiro atoms. The minimum atomic E-state index is -4.58. The number of carboxylic acids is 1. The molecule has 1 atom stereocenters. The molecule has 14 heteroatoms. The van der Waals surface area contributed by atoms with Gasteiger partial charge in [-0.15, -0.1) is 0 Å². The van der Waals surface area contributed by atoms with E-state index in [9.17, 15) is 38.0 Å². The first-order valence-electron chi connectivity index (χ1n) is 14.8. The van der Waals surface area contributed by atoms with Crippen molar-refractivity contribution >= 4 is 34.8 Å². The SMILES string of the molecule is CCO/N=C(\CC)C1=C(O)CC(c2c(C)cc(C)cc2C)CC1=O.O=C(O)c1cc(Oc2ccc(C(F)(F)F)cc2Cl)ccc1[N+](=O)[O-]. The molecule has 1 unspecified atom stereocenters. The number of ether oxygens (including phenoxy) is 1. The monoisotopic (exact) mass is 690 g/mol. The van der Waals surface area contributed by atoms with Gasteiger partial charge in [-0.25, -0.2) is 4.79 Å². The highest BCUT2D eigenvalue weighted by molar-refractivity contribution is 6.32. The molecule has 3 aromatic carbocycles. The fraction of sp³-hybridized carbons (Fsp3) is 0.324. The Bertz CT molecular complexity index is 1760. The third-order valence-corrected chi connectivity index (χ3v) is 7.69. The molecule has 3 aromatic rings. The molecule has 0 heterocycles. The third-order valence-electron chi connectivity index (χ3n) is 7.39. The van der Waals surface area contributed by atoms with E-state index in [1.165, 1.54) is 22.3 Å². The fourth-order valence-electron chi connectivity index (χ4n) is 5.49. The minimum Gasteiger partial charge on any atom is -0.511 e. The minimum absolute atomic E-state index is 0.0204. The van der Waals surface area contributed by atoms with Crippen LogP contribution in [0.3, 0.4) is 0 Å². The zero-order chi connectivity index (χ0) is 35.9. The van der Waals surface area contributed by atoms with Crippen molar-refractivity contribution in [1.29, 1.82) is 0 Å². The Morgan fingerprint density at radius 1 is 1.06 bits per heavy atom. The van der Waals surface area contributed by atoms with Crippen LogP contribution in [0.5, 0.6) is 11.5 Å². The van der Waals surface area contributed by atoms with E-state index in [1.807, 2.05) is 13.8 Å². The van der Waals surface area contributed by atoms with E-state index in [4.69, 9.17) is 26.3 Å². The molecule has 48 heavy (non-hydrogen) atoms. The average molecular weight is 691 g/mol. The van der Waals surface area contributed by atoms with E-state index >= 15 is 0 Å². The summed E-state index contributed by atoms with van der Waals surface area (Å²) in [5, 5.41) is 33.9. The Morgan fingerprint density at radius 3 is 2.21 bits per heavy atom. The van der Waals surface area contributed by atoms with E-state index in [0.29, 0.717) is 43.2 Å². The number of oxime groups is 1. The summed E-state index contributed by atoms with van der Waals surface area (Å²) >= 11 is 5.72. The number of aromatic carboxylic acids is 1. The van der Waals surface area contributed by atoms with E-state index < -0.39 is 33.9 Å². The van der Waals surface area contributed by atoms with Gasteiger partial charge in [0, 0.05) is 25.0 Å². The van der Waals surface area contributed by atoms with Gasteiger partial charge in [0.2, 0.25) is 0 Å². The van der Waals surface area contributed by atoms with Gasteiger partial charge in [0.1, 0.15) is 29.4 Å². The summed E-state index contributed by atoms with van der Waals surface area (Å²) in [4.78, 5) is 38.7. The van der Waals surface area contributed by atoms with Gasteiger partial charge < -0.3 is 19.8 Å². The largest absolute Gasteiger partial charge is 0.511 e. The Labute approximate surface area is 279 Å². The van der Waals surface area contributed by atoms with Gasteiger partial charge in [0.15, 0.2) is 5.78 Å². The lowest BCUT2D eigenvalue weighted by molar-refractivity contribution is -0.385. The Balaban J connectivity index is 0.000000260. The molecule has 0 saturated carbocycles. The number of carboxylic acid groups (broad SMARTS) is 1. The third kappa shape index (κ3) is 9.12. The topological polar surface area (TPSA) is 149 Å². The molecule has 0 bridgehead atoms. The quantitative estimate of drug-likeness (QED) is 0.128. The van der Waals surface area contributed by atoms with Crippen molar-refractivity contribution in [2.24, 2.45) is 5.16 Å². The molecule has 1 aliphatic rings. The number of carbonyl (C=O) groups is 2. The summed E-state index contributed by atoms with van der Waals surface area (Å²) < 4.78 is 42.9. The molecular formula is C34H34ClF3N2O8. The molecule has 0 aliphatic heterocycles. The number of nitro groups is 1. The molecule has 4 rings (SSSR count). The summed E-state index contributed by atoms with van der Waals surface area (Å²) in [6.45, 7) is 10.4.